The van der Waals surface area contributed by atoms with Crippen LogP contribution in [0.3, 0.4) is 0 Å². The van der Waals surface area contributed by atoms with Crippen molar-refractivity contribution < 1.29 is 28.2 Å². The number of aromatic hydroxyl groups is 1. The summed E-state index contributed by atoms with van der Waals surface area (Å²) in [7, 11) is -3.94. The van der Waals surface area contributed by atoms with E-state index in [-0.39, 0.29) is 27.7 Å². The number of hydrogen-bond donors (Lipinski definition) is 3. The number of anilines is 1. The smallest absolute Gasteiger partial charge is 0.348 e. The van der Waals surface area contributed by atoms with E-state index in [1.807, 2.05) is 82.5 Å². The number of nitrogens with one attached hydrogen (secondary N) is 1. The summed E-state index contributed by atoms with van der Waals surface area (Å²) < 4.78 is 36.1. The van der Waals surface area contributed by atoms with Crippen molar-refractivity contribution in [2.75, 3.05) is 4.72 Å². The summed E-state index contributed by atoms with van der Waals surface area (Å²) in [5.74, 6) is -0.438. The van der Waals surface area contributed by atoms with Gasteiger partial charge in [-0.2, -0.15) is 0 Å². The van der Waals surface area contributed by atoms with Gasteiger partial charge in [-0.3, -0.25) is 4.72 Å². The van der Waals surface area contributed by atoms with E-state index in [0.29, 0.717) is 29.7 Å². The molecule has 0 saturated heterocycles. The lowest BCUT2D eigenvalue weighted by Crippen LogP contribution is -2.37. The summed E-state index contributed by atoms with van der Waals surface area (Å²) in [5.41, 5.74) is 2.25. The number of phenols is 1. The molecule has 5 rings (SSSR count). The van der Waals surface area contributed by atoms with Gasteiger partial charge in [-0.15, -0.1) is 11.3 Å². The van der Waals surface area contributed by atoms with Gasteiger partial charge in [-0.25, -0.2) is 13.2 Å². The third-order valence-corrected chi connectivity index (χ3v) is 11.3. The maximum absolute atomic E-state index is 13.7. The molecule has 0 saturated carbocycles. The van der Waals surface area contributed by atoms with Gasteiger partial charge < -0.3 is 14.9 Å². The molecule has 7 nitrogen and oxygen atoms in total. The number of aryl methyl sites for hydroxylation is 2. The first-order chi connectivity index (χ1) is 21.1. The summed E-state index contributed by atoms with van der Waals surface area (Å²) in [5, 5.41) is 22.6. The fourth-order valence-corrected chi connectivity index (χ4v) is 8.70. The zero-order chi connectivity index (χ0) is 32.6. The van der Waals surface area contributed by atoms with Gasteiger partial charge in [0.25, 0.3) is 10.0 Å². The molecule has 2 heterocycles. The molecule has 0 bridgehead atoms. The number of sulfonamides is 1. The number of aliphatic hydroxyl groups is 1. The number of benzene rings is 3. The second-order valence-corrected chi connectivity index (χ2v) is 16.2. The van der Waals surface area contributed by atoms with E-state index in [2.05, 4.69) is 4.72 Å². The minimum atomic E-state index is -3.94. The number of carbonyl (C=O) groups excluding carboxylic acids is 1. The number of hydrogen-bond acceptors (Lipinski definition) is 8. The maximum Gasteiger partial charge on any atom is 0.348 e. The highest BCUT2D eigenvalue weighted by Crippen LogP contribution is 2.44. The maximum atomic E-state index is 13.7. The third kappa shape index (κ3) is 7.40. The van der Waals surface area contributed by atoms with Crippen LogP contribution < -0.4 is 4.72 Å². The summed E-state index contributed by atoms with van der Waals surface area (Å²) in [6.07, 6.45) is 1.29. The Kier molecular flexibility index (Phi) is 9.13. The molecule has 45 heavy (non-hydrogen) atoms. The van der Waals surface area contributed by atoms with Gasteiger partial charge in [-0.05, 0) is 90.6 Å². The van der Waals surface area contributed by atoms with Crippen LogP contribution in [-0.4, -0.2) is 30.2 Å². The van der Waals surface area contributed by atoms with E-state index in [4.69, 9.17) is 4.74 Å². The highest BCUT2D eigenvalue weighted by Gasteiger charge is 2.39. The van der Waals surface area contributed by atoms with Crippen molar-refractivity contribution in [1.82, 2.24) is 0 Å². The Hall–Kier alpha value is -3.73. The fraction of sp³-hybridized carbons (Fsp3) is 0.286. The Morgan fingerprint density at radius 1 is 1.02 bits per heavy atom. The van der Waals surface area contributed by atoms with E-state index in [1.54, 1.807) is 30.3 Å². The topological polar surface area (TPSA) is 113 Å². The lowest BCUT2D eigenvalue weighted by atomic mass is 9.86. The zero-order valence-corrected chi connectivity index (χ0v) is 28.3. The predicted molar refractivity (Wildman–Crippen MR) is 181 cm³/mol. The summed E-state index contributed by atoms with van der Waals surface area (Å²) in [4.78, 5) is 15.2. The number of esters is 1. The van der Waals surface area contributed by atoms with Gasteiger partial charge in [0.1, 0.15) is 22.0 Å². The summed E-state index contributed by atoms with van der Waals surface area (Å²) >= 11 is 2.62. The molecule has 0 spiro atoms. The van der Waals surface area contributed by atoms with Crippen LogP contribution in [-0.2, 0) is 31.4 Å². The largest absolute Gasteiger partial charge is 0.511 e. The molecular formula is C35H37NO6S3. The van der Waals surface area contributed by atoms with E-state index in [1.165, 1.54) is 11.3 Å². The van der Waals surface area contributed by atoms with Crippen molar-refractivity contribution in [2.45, 2.75) is 74.7 Å². The Labute approximate surface area is 273 Å². The number of ether oxygens (including phenoxy) is 1. The van der Waals surface area contributed by atoms with Crippen LogP contribution in [0.1, 0.15) is 57.2 Å². The lowest BCUT2D eigenvalue weighted by molar-refractivity contribution is -0.156. The van der Waals surface area contributed by atoms with E-state index in [0.717, 1.165) is 32.7 Å². The first-order valence-corrected chi connectivity index (χ1v) is 17.8. The number of phenolic OH excluding ortho intramolecular Hbond substituents is 1. The van der Waals surface area contributed by atoms with Crippen LogP contribution in [0.2, 0.25) is 0 Å². The number of rotatable bonds is 9. The monoisotopic (exact) mass is 663 g/mol. The normalized spacial score (nSPS) is 17.3. The molecule has 0 amide bonds. The zero-order valence-electron chi connectivity index (χ0n) is 25.9. The van der Waals surface area contributed by atoms with Gasteiger partial charge in [0.05, 0.1) is 10.6 Å². The highest BCUT2D eigenvalue weighted by atomic mass is 32.2. The standard InChI is InChI=1S/C35H37NO6S3/c1-22-19-30(44-32-28(38)21-35(5,42-33(32)39)17-16-23-12-14-24(37)15-13-23)26(34(2,3)4)20-27(22)36-45(40,41)31-11-7-6-9-25(31)29-10-8-18-43-29/h6-15,18-20,36-38H,16-17,21H2,1-5H3. The molecule has 3 aromatic carbocycles. The average molecular weight is 664 g/mol. The SMILES string of the molecule is Cc1cc(SC2=C(O)CC(C)(CCc3ccc(O)cc3)OC2=O)c(C(C)(C)C)cc1NS(=O)(=O)c1ccccc1-c1cccs1. The molecular weight excluding hydrogens is 627 g/mol. The molecule has 0 fully saturated rings. The molecule has 3 N–H and O–H groups in total. The molecule has 1 atom stereocenters. The first kappa shape index (κ1) is 32.7. The number of cyclic esters (lactones) is 1. The number of thioether (sulfide) groups is 1. The van der Waals surface area contributed by atoms with E-state index in [9.17, 15) is 23.4 Å². The second-order valence-electron chi connectivity index (χ2n) is 12.6. The highest BCUT2D eigenvalue weighted by molar-refractivity contribution is 8.04. The van der Waals surface area contributed by atoms with Gasteiger partial charge in [0.2, 0.25) is 0 Å². The van der Waals surface area contributed by atoms with Gasteiger partial charge >= 0.3 is 5.97 Å². The summed E-state index contributed by atoms with van der Waals surface area (Å²) in [6.45, 7) is 9.67. The van der Waals surface area contributed by atoms with Crippen molar-refractivity contribution in [3.8, 4) is 16.2 Å². The molecule has 1 unspecified atom stereocenters. The average Bonchev–Trinajstić information content (AvgIpc) is 3.50. The third-order valence-electron chi connectivity index (χ3n) is 7.76. The van der Waals surface area contributed by atoms with Crippen molar-refractivity contribution in [2.24, 2.45) is 0 Å². The molecule has 4 aromatic rings. The minimum absolute atomic E-state index is 0.0306. The molecule has 0 aliphatic carbocycles. The molecule has 1 aromatic heterocycles. The molecule has 236 valence electrons. The number of thiophene rings is 1. The van der Waals surface area contributed by atoms with Crippen molar-refractivity contribution in [1.29, 1.82) is 0 Å². The lowest BCUT2D eigenvalue weighted by Gasteiger charge is -2.34. The molecule has 1 aliphatic heterocycles. The van der Waals surface area contributed by atoms with Crippen molar-refractivity contribution >= 4 is 44.8 Å². The van der Waals surface area contributed by atoms with Gasteiger partial charge in [-0.1, -0.05) is 68.9 Å². The van der Waals surface area contributed by atoms with E-state index < -0.39 is 27.0 Å². The Morgan fingerprint density at radius 3 is 2.38 bits per heavy atom. The van der Waals surface area contributed by atoms with Crippen LogP contribution >= 0.6 is 23.1 Å². The van der Waals surface area contributed by atoms with E-state index >= 15 is 0 Å². The molecule has 0 radical (unpaired) electrons. The van der Waals surface area contributed by atoms with Gasteiger partial charge in [0, 0.05) is 21.8 Å². The van der Waals surface area contributed by atoms with Crippen LogP contribution in [0.5, 0.6) is 5.75 Å². The quantitative estimate of drug-likeness (QED) is 0.154. The Morgan fingerprint density at radius 2 is 1.73 bits per heavy atom. The fourth-order valence-electron chi connectivity index (χ4n) is 5.28. The van der Waals surface area contributed by atoms with Crippen LogP contribution in [0.15, 0.2) is 98.6 Å². The Bertz CT molecular complexity index is 1860. The minimum Gasteiger partial charge on any atom is -0.511 e. The van der Waals surface area contributed by atoms with Crippen molar-refractivity contribution in [3.63, 3.8) is 0 Å². The molecule has 1 aliphatic rings. The number of carbonyl (C=O) groups is 1. The Balaban J connectivity index is 1.41. The van der Waals surface area contributed by atoms with Gasteiger partial charge in [0.15, 0.2) is 0 Å². The molecule has 10 heteroatoms. The summed E-state index contributed by atoms with van der Waals surface area (Å²) in [6, 6.07) is 21.3. The van der Waals surface area contributed by atoms with Crippen LogP contribution in [0, 0.1) is 6.92 Å². The van der Waals surface area contributed by atoms with Crippen LogP contribution in [0.25, 0.3) is 10.4 Å². The van der Waals surface area contributed by atoms with Crippen molar-refractivity contribution in [3.05, 3.63) is 106 Å². The second kappa shape index (κ2) is 12.6. The number of aliphatic hydroxyl groups excluding tert-OH is 1. The first-order valence-electron chi connectivity index (χ1n) is 14.6. The predicted octanol–water partition coefficient (Wildman–Crippen LogP) is 8.73. The van der Waals surface area contributed by atoms with Crippen LogP contribution in [0.4, 0.5) is 5.69 Å².